The van der Waals surface area contributed by atoms with Crippen LogP contribution in [0.5, 0.6) is 0 Å². The third kappa shape index (κ3) is 4.71. The van der Waals surface area contributed by atoms with Crippen LogP contribution in [0.15, 0.2) is 53.4 Å². The average molecular weight is 474 g/mol. The van der Waals surface area contributed by atoms with Crippen molar-refractivity contribution in [1.29, 1.82) is 0 Å². The highest BCUT2D eigenvalue weighted by Crippen LogP contribution is 2.38. The Morgan fingerprint density at radius 1 is 1.12 bits per heavy atom. The third-order valence-corrected chi connectivity index (χ3v) is 7.41. The number of hydrogen-bond acceptors (Lipinski definition) is 6. The van der Waals surface area contributed by atoms with Gasteiger partial charge in [0.05, 0.1) is 15.5 Å². The van der Waals surface area contributed by atoms with Crippen LogP contribution in [0.3, 0.4) is 0 Å². The van der Waals surface area contributed by atoms with Crippen molar-refractivity contribution in [1.82, 2.24) is 4.98 Å². The number of anilines is 2. The van der Waals surface area contributed by atoms with Crippen LogP contribution >= 0.6 is 11.3 Å². The Bertz CT molecular complexity index is 1320. The zero-order chi connectivity index (χ0) is 23.1. The maximum absolute atomic E-state index is 13.1. The van der Waals surface area contributed by atoms with E-state index in [4.69, 9.17) is 0 Å². The summed E-state index contributed by atoms with van der Waals surface area (Å²) in [5, 5.41) is 3.01. The van der Waals surface area contributed by atoms with Gasteiger partial charge < -0.3 is 0 Å². The van der Waals surface area contributed by atoms with Crippen LogP contribution in [0, 0.1) is 11.2 Å². The highest BCUT2D eigenvalue weighted by Gasteiger charge is 2.34. The van der Waals surface area contributed by atoms with Crippen molar-refractivity contribution in [3.05, 3.63) is 70.5 Å². The van der Waals surface area contributed by atoms with Crippen LogP contribution in [0.4, 0.5) is 15.2 Å². The zero-order valence-electron chi connectivity index (χ0n) is 17.3. The van der Waals surface area contributed by atoms with Crippen LogP contribution in [0.25, 0.3) is 0 Å². The predicted molar refractivity (Wildman–Crippen MR) is 120 cm³/mol. The van der Waals surface area contributed by atoms with Gasteiger partial charge in [0, 0.05) is 17.7 Å². The number of nitrogens with zero attached hydrogens (tertiary/aromatic N) is 1. The number of thiazole rings is 1. The Morgan fingerprint density at radius 2 is 1.84 bits per heavy atom. The minimum absolute atomic E-state index is 0.0199. The van der Waals surface area contributed by atoms with E-state index in [2.05, 4.69) is 15.0 Å². The molecule has 0 saturated heterocycles. The number of benzene rings is 2. The molecular weight excluding hydrogens is 453 g/mol. The lowest BCUT2D eigenvalue weighted by Gasteiger charge is -2.26. The Hall–Kier alpha value is -3.11. The van der Waals surface area contributed by atoms with E-state index >= 15 is 0 Å². The van der Waals surface area contributed by atoms with Crippen molar-refractivity contribution in [2.24, 2.45) is 5.41 Å². The number of aromatic nitrogens is 1. The molecule has 0 atom stereocenters. The summed E-state index contributed by atoms with van der Waals surface area (Å²) in [6.07, 6.45) is 1.09. The zero-order valence-corrected chi connectivity index (χ0v) is 18.9. The molecule has 2 N–H and O–H groups in total. The number of carbonyl (C=O) groups excluding carboxylic acids is 2. The molecule has 166 valence electrons. The normalized spacial score (nSPS) is 15.2. The summed E-state index contributed by atoms with van der Waals surface area (Å²) in [6, 6.07) is 10.4. The van der Waals surface area contributed by atoms with E-state index in [0.29, 0.717) is 28.5 Å². The Labute approximate surface area is 188 Å². The van der Waals surface area contributed by atoms with Crippen molar-refractivity contribution in [3.8, 4) is 0 Å². The van der Waals surface area contributed by atoms with E-state index < -0.39 is 21.7 Å². The molecule has 1 amide bonds. The molecule has 0 fully saturated rings. The smallest absolute Gasteiger partial charge is 0.261 e. The fourth-order valence-electron chi connectivity index (χ4n) is 3.49. The summed E-state index contributed by atoms with van der Waals surface area (Å²) < 4.78 is 40.5. The van der Waals surface area contributed by atoms with E-state index in [-0.39, 0.29) is 27.3 Å². The first-order valence-electron chi connectivity index (χ1n) is 9.75. The lowest BCUT2D eigenvalue weighted by atomic mass is 9.78. The average Bonchev–Trinajstić information content (AvgIpc) is 3.09. The molecule has 10 heteroatoms. The lowest BCUT2D eigenvalue weighted by molar-refractivity contribution is 0.0915. The Balaban J connectivity index is 1.51. The van der Waals surface area contributed by atoms with Gasteiger partial charge in [0.1, 0.15) is 5.82 Å². The summed E-state index contributed by atoms with van der Waals surface area (Å²) in [7, 11) is -3.95. The quantitative estimate of drug-likeness (QED) is 0.568. The van der Waals surface area contributed by atoms with Gasteiger partial charge in [-0.05, 0) is 54.3 Å². The summed E-state index contributed by atoms with van der Waals surface area (Å²) in [6.45, 7) is 4.01. The molecule has 1 aliphatic rings. The van der Waals surface area contributed by atoms with Gasteiger partial charge in [-0.15, -0.1) is 0 Å². The van der Waals surface area contributed by atoms with Gasteiger partial charge in [-0.25, -0.2) is 17.8 Å². The summed E-state index contributed by atoms with van der Waals surface area (Å²) in [4.78, 5) is 30.0. The molecule has 0 aliphatic heterocycles. The molecule has 0 saturated carbocycles. The predicted octanol–water partition coefficient (Wildman–Crippen LogP) is 4.49. The Morgan fingerprint density at radius 3 is 2.56 bits per heavy atom. The summed E-state index contributed by atoms with van der Waals surface area (Å²) in [5.41, 5.74) is 0.906. The van der Waals surface area contributed by atoms with Crippen LogP contribution in [0.2, 0.25) is 0 Å². The van der Waals surface area contributed by atoms with Gasteiger partial charge >= 0.3 is 0 Å². The summed E-state index contributed by atoms with van der Waals surface area (Å²) in [5.74, 6) is -1.01. The number of fused-ring (bicyclic) bond motifs is 1. The van der Waals surface area contributed by atoms with E-state index in [1.807, 2.05) is 13.8 Å². The number of carbonyl (C=O) groups is 2. The standard InChI is InChI=1S/C22H20FN3O4S2/c1-22(2)11-17-19(18(27)12-22)31-21(24-17)25-20(28)13-4-3-5-15(10-13)26-32(29,30)16-8-6-14(23)7-9-16/h3-10,26H,11-12H2,1-2H3,(H,24,25,28). The fourth-order valence-corrected chi connectivity index (χ4v) is 5.46. The third-order valence-electron chi connectivity index (χ3n) is 4.96. The van der Waals surface area contributed by atoms with Crippen LogP contribution < -0.4 is 10.0 Å². The lowest BCUT2D eigenvalue weighted by Crippen LogP contribution is -2.26. The van der Waals surface area contributed by atoms with E-state index in [1.54, 1.807) is 0 Å². The topological polar surface area (TPSA) is 105 Å². The molecule has 7 nitrogen and oxygen atoms in total. The largest absolute Gasteiger partial charge is 0.298 e. The van der Waals surface area contributed by atoms with Crippen LogP contribution in [-0.2, 0) is 16.4 Å². The SMILES string of the molecule is CC1(C)CC(=O)c2sc(NC(=O)c3cccc(NS(=O)(=O)c4ccc(F)cc4)c3)nc2C1. The number of nitrogens with one attached hydrogen (secondary N) is 2. The first-order chi connectivity index (χ1) is 15.0. The van der Waals surface area contributed by atoms with Crippen molar-refractivity contribution in [2.75, 3.05) is 10.0 Å². The van der Waals surface area contributed by atoms with Crippen LogP contribution in [-0.4, -0.2) is 25.1 Å². The second-order valence-electron chi connectivity index (χ2n) is 8.33. The number of amides is 1. The number of halogens is 1. The molecule has 0 bridgehead atoms. The maximum Gasteiger partial charge on any atom is 0.261 e. The molecule has 3 aromatic rings. The van der Waals surface area contributed by atoms with Gasteiger partial charge in [-0.1, -0.05) is 31.3 Å². The number of Topliss-reactive ketones (excluding diaryl/α,β-unsaturated/α-hetero) is 1. The molecule has 1 aliphatic carbocycles. The minimum Gasteiger partial charge on any atom is -0.298 e. The fraction of sp³-hybridized carbons (Fsp3) is 0.227. The molecule has 32 heavy (non-hydrogen) atoms. The van der Waals surface area contributed by atoms with Gasteiger partial charge in [-0.3, -0.25) is 19.6 Å². The number of sulfonamides is 1. The summed E-state index contributed by atoms with van der Waals surface area (Å²) >= 11 is 1.15. The van der Waals surface area contributed by atoms with Gasteiger partial charge in [0.15, 0.2) is 10.9 Å². The molecule has 1 heterocycles. The maximum atomic E-state index is 13.1. The molecule has 2 aromatic carbocycles. The number of ketones is 1. The first kappa shape index (κ1) is 22.1. The second kappa shape index (κ2) is 8.10. The van der Waals surface area contributed by atoms with Crippen molar-refractivity contribution >= 4 is 43.9 Å². The monoisotopic (exact) mass is 473 g/mol. The number of hydrogen-bond donors (Lipinski definition) is 2. The van der Waals surface area contributed by atoms with Gasteiger partial charge in [0.25, 0.3) is 15.9 Å². The van der Waals surface area contributed by atoms with Crippen molar-refractivity contribution in [3.63, 3.8) is 0 Å². The highest BCUT2D eigenvalue weighted by atomic mass is 32.2. The molecule has 0 unspecified atom stereocenters. The van der Waals surface area contributed by atoms with Crippen molar-refractivity contribution in [2.45, 2.75) is 31.6 Å². The molecule has 4 rings (SSSR count). The van der Waals surface area contributed by atoms with Gasteiger partial charge in [-0.2, -0.15) is 0 Å². The van der Waals surface area contributed by atoms with E-state index in [9.17, 15) is 22.4 Å². The Kier molecular flexibility index (Phi) is 5.59. The molecular formula is C22H20FN3O4S2. The number of rotatable bonds is 5. The van der Waals surface area contributed by atoms with Gasteiger partial charge in [0.2, 0.25) is 0 Å². The molecule has 0 radical (unpaired) electrons. The minimum atomic E-state index is -3.95. The van der Waals surface area contributed by atoms with E-state index in [1.165, 1.54) is 24.3 Å². The van der Waals surface area contributed by atoms with Crippen LogP contribution in [0.1, 0.15) is 46.0 Å². The van der Waals surface area contributed by atoms with Crippen molar-refractivity contribution < 1.29 is 22.4 Å². The first-order valence-corrected chi connectivity index (χ1v) is 12.1. The highest BCUT2D eigenvalue weighted by molar-refractivity contribution is 7.92. The second-order valence-corrected chi connectivity index (χ2v) is 11.0. The van der Waals surface area contributed by atoms with E-state index in [0.717, 1.165) is 35.6 Å². The molecule has 1 aromatic heterocycles. The molecule has 0 spiro atoms.